The van der Waals surface area contributed by atoms with Crippen molar-refractivity contribution < 1.29 is 18.9 Å². The van der Waals surface area contributed by atoms with E-state index in [0.29, 0.717) is 32.6 Å². The van der Waals surface area contributed by atoms with Gasteiger partial charge in [-0.25, -0.2) is 0 Å². The Labute approximate surface area is 98.2 Å². The lowest BCUT2D eigenvalue weighted by Crippen LogP contribution is -2.33. The van der Waals surface area contributed by atoms with Crippen LogP contribution in [0, 0.1) is 0 Å². The Morgan fingerprint density at radius 2 is 1.75 bits per heavy atom. The highest BCUT2D eigenvalue weighted by Gasteiger charge is 2.37. The van der Waals surface area contributed by atoms with E-state index >= 15 is 0 Å². The van der Waals surface area contributed by atoms with Gasteiger partial charge in [0.05, 0.1) is 13.2 Å². The summed E-state index contributed by atoms with van der Waals surface area (Å²) in [7, 11) is -2.90. The normalized spacial score (nSPS) is 14.0. The smallest absolute Gasteiger partial charge is 0.246 e. The lowest BCUT2D eigenvalue weighted by Gasteiger charge is -2.31. The zero-order chi connectivity index (χ0) is 12.4. The van der Waals surface area contributed by atoms with Crippen LogP contribution in [0.25, 0.3) is 0 Å². The molecule has 0 aliphatic heterocycles. The average Bonchev–Trinajstić information content (AvgIpc) is 2.28. The molecular formula is C10H24NO4P. The van der Waals surface area contributed by atoms with Gasteiger partial charge < -0.3 is 20.1 Å². The Hall–Kier alpha value is 0.0700. The Balaban J connectivity index is 4.52. The lowest BCUT2D eigenvalue weighted by atomic mass is 10.3. The van der Waals surface area contributed by atoms with Crippen LogP contribution >= 0.6 is 8.03 Å². The van der Waals surface area contributed by atoms with Gasteiger partial charge in [-0.3, -0.25) is 4.57 Å². The monoisotopic (exact) mass is 253 g/mol. The standard InChI is InChI=1S/C10H24NO4P/c1-3-8-14-10(16(12)13,6-5-7-11)15-9-4-2/h16H,3-9,11H2,1-2H3,(H,12,13). The average molecular weight is 253 g/mol. The van der Waals surface area contributed by atoms with E-state index in [0.717, 1.165) is 12.8 Å². The Bertz CT molecular complexity index is 179. The topological polar surface area (TPSA) is 81.8 Å². The number of nitrogens with two attached hydrogens (primary N) is 1. The van der Waals surface area contributed by atoms with Crippen LogP contribution in [-0.4, -0.2) is 30.2 Å². The molecule has 0 aliphatic rings. The van der Waals surface area contributed by atoms with Crippen LogP contribution in [0.3, 0.4) is 0 Å². The second-order valence-corrected chi connectivity index (χ2v) is 5.02. The predicted molar refractivity (Wildman–Crippen MR) is 64.7 cm³/mol. The summed E-state index contributed by atoms with van der Waals surface area (Å²) in [6.45, 7) is 5.20. The van der Waals surface area contributed by atoms with Crippen LogP contribution in [0.15, 0.2) is 0 Å². The zero-order valence-electron chi connectivity index (χ0n) is 10.2. The lowest BCUT2D eigenvalue weighted by molar-refractivity contribution is -0.185. The van der Waals surface area contributed by atoms with Crippen LogP contribution in [0.2, 0.25) is 0 Å². The van der Waals surface area contributed by atoms with Crippen LogP contribution in [0.1, 0.15) is 39.5 Å². The molecule has 0 heterocycles. The molecule has 3 N–H and O–H groups in total. The first-order valence-electron chi connectivity index (χ1n) is 5.84. The SMILES string of the molecule is CCCOC(CCCN)(OCCC)[PH](=O)O. The fourth-order valence-corrected chi connectivity index (χ4v) is 2.13. The minimum atomic E-state index is -2.90. The highest BCUT2D eigenvalue weighted by atomic mass is 31.1. The molecule has 0 radical (unpaired) electrons. The van der Waals surface area contributed by atoms with Gasteiger partial charge >= 0.3 is 0 Å². The van der Waals surface area contributed by atoms with Gasteiger partial charge in [0.25, 0.3) is 0 Å². The first kappa shape index (κ1) is 16.1. The Kier molecular flexibility index (Phi) is 9.18. The molecule has 0 aromatic carbocycles. The molecule has 16 heavy (non-hydrogen) atoms. The van der Waals surface area contributed by atoms with E-state index < -0.39 is 13.6 Å². The molecule has 0 aliphatic carbocycles. The molecule has 0 aromatic rings. The molecule has 0 spiro atoms. The maximum atomic E-state index is 11.4. The quantitative estimate of drug-likeness (QED) is 0.457. The van der Waals surface area contributed by atoms with E-state index in [1.54, 1.807) is 0 Å². The maximum Gasteiger partial charge on any atom is 0.246 e. The van der Waals surface area contributed by atoms with Gasteiger partial charge in [0.2, 0.25) is 13.6 Å². The van der Waals surface area contributed by atoms with Gasteiger partial charge in [0.15, 0.2) is 0 Å². The molecule has 0 bridgehead atoms. The van der Waals surface area contributed by atoms with Gasteiger partial charge in [0, 0.05) is 6.42 Å². The van der Waals surface area contributed by atoms with Crippen molar-refractivity contribution >= 4 is 8.03 Å². The summed E-state index contributed by atoms with van der Waals surface area (Å²) in [5.74, 6) is 0. The van der Waals surface area contributed by atoms with Gasteiger partial charge in [-0.2, -0.15) is 0 Å². The molecule has 6 heteroatoms. The Morgan fingerprint density at radius 1 is 1.25 bits per heavy atom. The molecule has 0 saturated heterocycles. The molecule has 0 saturated carbocycles. The molecular weight excluding hydrogens is 229 g/mol. The first-order valence-corrected chi connectivity index (χ1v) is 7.19. The zero-order valence-corrected chi connectivity index (χ0v) is 11.2. The highest BCUT2D eigenvalue weighted by molar-refractivity contribution is 7.39. The van der Waals surface area contributed by atoms with E-state index in [4.69, 9.17) is 15.2 Å². The van der Waals surface area contributed by atoms with Crippen molar-refractivity contribution in [2.45, 2.75) is 45.1 Å². The fourth-order valence-electron chi connectivity index (χ4n) is 1.29. The van der Waals surface area contributed by atoms with E-state index in [1.807, 2.05) is 13.8 Å². The Morgan fingerprint density at radius 3 is 2.06 bits per heavy atom. The van der Waals surface area contributed by atoms with Crippen molar-refractivity contribution in [3.8, 4) is 0 Å². The molecule has 5 nitrogen and oxygen atoms in total. The number of ether oxygens (including phenoxy) is 2. The summed E-state index contributed by atoms with van der Waals surface area (Å²) in [6.07, 6.45) is 2.56. The van der Waals surface area contributed by atoms with Crippen molar-refractivity contribution in [1.82, 2.24) is 0 Å². The van der Waals surface area contributed by atoms with Crippen molar-refractivity contribution in [2.24, 2.45) is 5.73 Å². The largest absolute Gasteiger partial charge is 0.343 e. The van der Waals surface area contributed by atoms with E-state index in [-0.39, 0.29) is 0 Å². The first-order chi connectivity index (χ1) is 7.63. The molecule has 0 amide bonds. The molecule has 0 fully saturated rings. The van der Waals surface area contributed by atoms with Crippen molar-refractivity contribution in [3.63, 3.8) is 0 Å². The predicted octanol–water partition coefficient (Wildman–Crippen LogP) is 1.70. The summed E-state index contributed by atoms with van der Waals surface area (Å²) in [6, 6.07) is 0. The third-order valence-corrected chi connectivity index (χ3v) is 3.30. The fraction of sp³-hybridized carbons (Fsp3) is 1.00. The number of hydrogen-bond acceptors (Lipinski definition) is 4. The van der Waals surface area contributed by atoms with Crippen LogP contribution in [-0.2, 0) is 14.0 Å². The highest BCUT2D eigenvalue weighted by Crippen LogP contribution is 2.41. The van der Waals surface area contributed by atoms with Crippen molar-refractivity contribution in [2.75, 3.05) is 19.8 Å². The summed E-state index contributed by atoms with van der Waals surface area (Å²) in [4.78, 5) is 9.40. The summed E-state index contributed by atoms with van der Waals surface area (Å²) in [5.41, 5.74) is 4.09. The second-order valence-electron chi connectivity index (χ2n) is 3.65. The molecule has 0 rings (SSSR count). The third-order valence-electron chi connectivity index (χ3n) is 2.11. The number of rotatable bonds is 10. The summed E-state index contributed by atoms with van der Waals surface area (Å²) < 4.78 is 22.3. The van der Waals surface area contributed by atoms with Crippen LogP contribution < -0.4 is 5.73 Å². The number of hydrogen-bond donors (Lipinski definition) is 2. The van der Waals surface area contributed by atoms with Gasteiger partial charge in [-0.05, 0) is 25.8 Å². The molecule has 1 atom stereocenters. The molecule has 1 unspecified atom stereocenters. The summed E-state index contributed by atoms with van der Waals surface area (Å²) >= 11 is 0. The minimum Gasteiger partial charge on any atom is -0.343 e. The van der Waals surface area contributed by atoms with E-state index in [2.05, 4.69) is 0 Å². The maximum absolute atomic E-state index is 11.4. The van der Waals surface area contributed by atoms with Gasteiger partial charge in [-0.15, -0.1) is 0 Å². The van der Waals surface area contributed by atoms with Gasteiger partial charge in [0.1, 0.15) is 0 Å². The van der Waals surface area contributed by atoms with Crippen molar-refractivity contribution in [3.05, 3.63) is 0 Å². The minimum absolute atomic E-state index is 0.373. The van der Waals surface area contributed by atoms with Gasteiger partial charge in [-0.1, -0.05) is 13.8 Å². The third kappa shape index (κ3) is 5.41. The molecule has 98 valence electrons. The van der Waals surface area contributed by atoms with E-state index in [9.17, 15) is 9.46 Å². The van der Waals surface area contributed by atoms with Crippen LogP contribution in [0.5, 0.6) is 0 Å². The molecule has 0 aromatic heterocycles. The van der Waals surface area contributed by atoms with E-state index in [1.165, 1.54) is 0 Å². The summed E-state index contributed by atoms with van der Waals surface area (Å²) in [5, 5.41) is 0. The van der Waals surface area contributed by atoms with Crippen molar-refractivity contribution in [1.29, 1.82) is 0 Å². The second kappa shape index (κ2) is 9.14. The van der Waals surface area contributed by atoms with Crippen LogP contribution in [0.4, 0.5) is 0 Å².